The van der Waals surface area contributed by atoms with Crippen molar-refractivity contribution in [2.75, 3.05) is 18.8 Å². The third kappa shape index (κ3) is 6.21. The van der Waals surface area contributed by atoms with Crippen LogP contribution in [0.4, 0.5) is 4.79 Å². The standard InChI is InChI=1S/C20H31N3OS/c24-20(22-15-18-8-11-21-12-9-18)23(16-19-7-4-14-25-19)13-10-17-5-2-1-3-6-17/h8-9,11-12,17,19H,1-7,10,13-16H2,(H,22,24). The molecular formula is C20H31N3OS. The summed E-state index contributed by atoms with van der Waals surface area (Å²) in [5.74, 6) is 2.07. The van der Waals surface area contributed by atoms with Gasteiger partial charge in [-0.05, 0) is 48.6 Å². The first-order valence-corrected chi connectivity index (χ1v) is 10.9. The second kappa shape index (κ2) is 10.0. The highest BCUT2D eigenvalue weighted by atomic mass is 32.2. The van der Waals surface area contributed by atoms with Gasteiger partial charge >= 0.3 is 6.03 Å². The highest BCUT2D eigenvalue weighted by Gasteiger charge is 2.23. The van der Waals surface area contributed by atoms with Gasteiger partial charge in [0.15, 0.2) is 0 Å². The number of hydrogen-bond donors (Lipinski definition) is 1. The molecule has 0 radical (unpaired) electrons. The summed E-state index contributed by atoms with van der Waals surface area (Å²) in [6, 6.07) is 4.01. The molecular weight excluding hydrogens is 330 g/mol. The first-order chi connectivity index (χ1) is 12.3. The Labute approximate surface area is 156 Å². The molecule has 1 saturated heterocycles. The van der Waals surface area contributed by atoms with E-state index in [0.29, 0.717) is 11.8 Å². The van der Waals surface area contributed by atoms with Crippen molar-refractivity contribution in [1.82, 2.24) is 15.2 Å². The summed E-state index contributed by atoms with van der Waals surface area (Å²) in [5.41, 5.74) is 1.10. The number of pyridine rings is 1. The molecule has 4 nitrogen and oxygen atoms in total. The molecule has 1 aliphatic heterocycles. The fraction of sp³-hybridized carbons (Fsp3) is 0.700. The van der Waals surface area contributed by atoms with Crippen LogP contribution < -0.4 is 5.32 Å². The lowest BCUT2D eigenvalue weighted by molar-refractivity contribution is 0.189. The molecule has 2 amide bonds. The molecule has 3 rings (SSSR count). The molecule has 0 spiro atoms. The maximum absolute atomic E-state index is 12.8. The average Bonchev–Trinajstić information content (AvgIpc) is 3.18. The van der Waals surface area contributed by atoms with Crippen LogP contribution in [0.1, 0.15) is 56.9 Å². The van der Waals surface area contributed by atoms with Crippen molar-refractivity contribution in [2.45, 2.75) is 63.2 Å². The molecule has 0 bridgehead atoms. The van der Waals surface area contributed by atoms with Gasteiger partial charge in [-0.1, -0.05) is 32.1 Å². The number of amides is 2. The predicted molar refractivity (Wildman–Crippen MR) is 105 cm³/mol. The number of carbonyl (C=O) groups excluding carboxylic acids is 1. The third-order valence-corrected chi connectivity index (χ3v) is 6.84. The van der Waals surface area contributed by atoms with Crippen LogP contribution in [0.2, 0.25) is 0 Å². The van der Waals surface area contributed by atoms with E-state index in [1.54, 1.807) is 12.4 Å². The highest BCUT2D eigenvalue weighted by Crippen LogP contribution is 2.29. The highest BCUT2D eigenvalue weighted by molar-refractivity contribution is 8.00. The van der Waals surface area contributed by atoms with E-state index in [9.17, 15) is 4.79 Å². The molecule has 1 saturated carbocycles. The van der Waals surface area contributed by atoms with E-state index in [1.807, 2.05) is 23.9 Å². The average molecular weight is 362 g/mol. The summed E-state index contributed by atoms with van der Waals surface area (Å²) in [7, 11) is 0. The van der Waals surface area contributed by atoms with E-state index in [0.717, 1.165) is 24.6 Å². The second-order valence-corrected chi connectivity index (χ2v) is 8.80. The Hall–Kier alpha value is -1.23. The van der Waals surface area contributed by atoms with Gasteiger partial charge in [0.25, 0.3) is 0 Å². The number of urea groups is 1. The fourth-order valence-electron chi connectivity index (χ4n) is 3.91. The smallest absolute Gasteiger partial charge is 0.317 e. The van der Waals surface area contributed by atoms with Crippen LogP contribution in [-0.4, -0.2) is 40.0 Å². The van der Waals surface area contributed by atoms with E-state index >= 15 is 0 Å². The van der Waals surface area contributed by atoms with E-state index in [4.69, 9.17) is 0 Å². The van der Waals surface area contributed by atoms with Crippen LogP contribution in [0, 0.1) is 5.92 Å². The monoisotopic (exact) mass is 361 g/mol. The summed E-state index contributed by atoms with van der Waals surface area (Å²) >= 11 is 2.03. The summed E-state index contributed by atoms with van der Waals surface area (Å²) in [4.78, 5) is 18.9. The van der Waals surface area contributed by atoms with Gasteiger partial charge in [0.2, 0.25) is 0 Å². The number of rotatable bonds is 7. The minimum Gasteiger partial charge on any atom is -0.334 e. The normalized spacial score (nSPS) is 21.2. The minimum atomic E-state index is 0.0973. The zero-order chi connectivity index (χ0) is 17.3. The Balaban J connectivity index is 1.51. The van der Waals surface area contributed by atoms with Crippen LogP contribution in [0.15, 0.2) is 24.5 Å². The Morgan fingerprint density at radius 2 is 1.96 bits per heavy atom. The lowest BCUT2D eigenvalue weighted by Gasteiger charge is -2.29. The Morgan fingerprint density at radius 3 is 2.68 bits per heavy atom. The molecule has 1 aliphatic carbocycles. The summed E-state index contributed by atoms with van der Waals surface area (Å²) < 4.78 is 0. The fourth-order valence-corrected chi connectivity index (χ4v) is 5.20. The molecule has 1 aromatic heterocycles. The zero-order valence-electron chi connectivity index (χ0n) is 15.2. The van der Waals surface area contributed by atoms with Crippen molar-refractivity contribution in [3.8, 4) is 0 Å². The van der Waals surface area contributed by atoms with Gasteiger partial charge in [0.05, 0.1) is 0 Å². The van der Waals surface area contributed by atoms with Crippen LogP contribution in [0.5, 0.6) is 0 Å². The van der Waals surface area contributed by atoms with Crippen LogP contribution in [0.3, 0.4) is 0 Å². The van der Waals surface area contributed by atoms with E-state index in [2.05, 4.69) is 15.2 Å². The number of nitrogens with zero attached hydrogens (tertiary/aromatic N) is 2. The van der Waals surface area contributed by atoms with Gasteiger partial charge in [-0.25, -0.2) is 4.79 Å². The Bertz CT molecular complexity index is 513. The van der Waals surface area contributed by atoms with Crippen molar-refractivity contribution in [1.29, 1.82) is 0 Å². The summed E-state index contributed by atoms with van der Waals surface area (Å²) in [5, 5.41) is 3.73. The first-order valence-electron chi connectivity index (χ1n) is 9.84. The third-order valence-electron chi connectivity index (χ3n) is 5.46. The lowest BCUT2D eigenvalue weighted by atomic mass is 9.87. The molecule has 5 heteroatoms. The zero-order valence-corrected chi connectivity index (χ0v) is 16.0. The van der Waals surface area contributed by atoms with Crippen molar-refractivity contribution in [3.63, 3.8) is 0 Å². The SMILES string of the molecule is O=C(NCc1ccncc1)N(CCC1CCCCC1)CC1CCCS1. The van der Waals surface area contributed by atoms with Crippen molar-refractivity contribution in [3.05, 3.63) is 30.1 Å². The van der Waals surface area contributed by atoms with Crippen molar-refractivity contribution < 1.29 is 4.79 Å². The van der Waals surface area contributed by atoms with Gasteiger partial charge in [-0.15, -0.1) is 0 Å². The molecule has 2 heterocycles. The largest absolute Gasteiger partial charge is 0.334 e. The molecule has 138 valence electrons. The van der Waals surface area contributed by atoms with Gasteiger partial charge < -0.3 is 10.2 Å². The van der Waals surface area contributed by atoms with Crippen LogP contribution >= 0.6 is 11.8 Å². The molecule has 1 N–H and O–H groups in total. The number of carbonyl (C=O) groups is 1. The quantitative estimate of drug-likeness (QED) is 0.780. The molecule has 2 aliphatic rings. The van der Waals surface area contributed by atoms with E-state index in [1.165, 1.54) is 57.1 Å². The number of nitrogens with one attached hydrogen (secondary N) is 1. The Morgan fingerprint density at radius 1 is 1.16 bits per heavy atom. The predicted octanol–water partition coefficient (Wildman–Crippen LogP) is 4.46. The topological polar surface area (TPSA) is 45.2 Å². The van der Waals surface area contributed by atoms with Gasteiger partial charge in [-0.3, -0.25) is 4.98 Å². The minimum absolute atomic E-state index is 0.0973. The van der Waals surface area contributed by atoms with Gasteiger partial charge in [0, 0.05) is 37.3 Å². The maximum atomic E-state index is 12.8. The van der Waals surface area contributed by atoms with E-state index in [-0.39, 0.29) is 6.03 Å². The first kappa shape index (κ1) is 18.6. The Kier molecular flexibility index (Phi) is 7.46. The molecule has 0 aromatic carbocycles. The second-order valence-electron chi connectivity index (χ2n) is 7.39. The van der Waals surface area contributed by atoms with Crippen molar-refractivity contribution in [2.24, 2.45) is 5.92 Å². The molecule has 1 unspecified atom stereocenters. The van der Waals surface area contributed by atoms with Crippen LogP contribution in [0.25, 0.3) is 0 Å². The van der Waals surface area contributed by atoms with Crippen LogP contribution in [-0.2, 0) is 6.54 Å². The molecule has 1 aromatic rings. The summed E-state index contributed by atoms with van der Waals surface area (Å²) in [6.45, 7) is 2.39. The molecule has 2 fully saturated rings. The van der Waals surface area contributed by atoms with Crippen molar-refractivity contribution >= 4 is 17.8 Å². The van der Waals surface area contributed by atoms with E-state index < -0.39 is 0 Å². The summed E-state index contributed by atoms with van der Waals surface area (Å²) in [6.07, 6.45) is 14.1. The number of hydrogen-bond acceptors (Lipinski definition) is 3. The number of thioether (sulfide) groups is 1. The lowest BCUT2D eigenvalue weighted by Crippen LogP contribution is -2.43. The maximum Gasteiger partial charge on any atom is 0.317 e. The molecule has 1 atom stereocenters. The number of aromatic nitrogens is 1. The van der Waals surface area contributed by atoms with Gasteiger partial charge in [-0.2, -0.15) is 11.8 Å². The molecule has 25 heavy (non-hydrogen) atoms. The van der Waals surface area contributed by atoms with Gasteiger partial charge in [0.1, 0.15) is 0 Å².